The van der Waals surface area contributed by atoms with Crippen LogP contribution < -0.4 is 0 Å². The van der Waals surface area contributed by atoms with E-state index in [4.69, 9.17) is 10.2 Å². The Hall–Kier alpha value is -1.25. The molecule has 1 atom stereocenters. The van der Waals surface area contributed by atoms with Crippen LogP contribution in [-0.2, 0) is 4.79 Å². The number of hydrogen-bond donors (Lipinski definition) is 3. The van der Waals surface area contributed by atoms with E-state index in [1.54, 1.807) is 11.0 Å². The highest BCUT2D eigenvalue weighted by Gasteiger charge is 2.34. The first-order valence-corrected chi connectivity index (χ1v) is 9.08. The van der Waals surface area contributed by atoms with Crippen LogP contribution >= 0.6 is 24.4 Å². The molecule has 0 spiro atoms. The van der Waals surface area contributed by atoms with E-state index in [1.807, 2.05) is 47.4 Å². The lowest BCUT2D eigenvalue weighted by Gasteiger charge is -2.28. The van der Waals surface area contributed by atoms with Gasteiger partial charge in [0.1, 0.15) is 4.71 Å². The van der Waals surface area contributed by atoms with Gasteiger partial charge in [0.15, 0.2) is 0 Å². The van der Waals surface area contributed by atoms with E-state index in [9.17, 15) is 4.79 Å². The van der Waals surface area contributed by atoms with E-state index in [0.717, 1.165) is 5.56 Å². The number of aliphatic hydroxyl groups is 2. The lowest BCUT2D eigenvalue weighted by atomic mass is 10.2. The normalized spacial score (nSPS) is 20.0. The van der Waals surface area contributed by atoms with Crippen LogP contribution in [0, 0.1) is 0 Å². The second-order valence-corrected chi connectivity index (χ2v) is 7.19. The molecule has 1 heterocycles. The summed E-state index contributed by atoms with van der Waals surface area (Å²) < 4.78 is -0.270. The van der Waals surface area contributed by atoms with Crippen molar-refractivity contribution in [1.82, 2.24) is 9.80 Å². The number of nitrogens with zero attached hydrogens (tertiary/aromatic N) is 2. The van der Waals surface area contributed by atoms with Gasteiger partial charge in [-0.2, -0.15) is 0 Å². The summed E-state index contributed by atoms with van der Waals surface area (Å²) in [4.78, 5) is 16.6. The quantitative estimate of drug-likeness (QED) is 0.482. The molecule has 5 nitrogen and oxygen atoms in total. The summed E-state index contributed by atoms with van der Waals surface area (Å²) in [5, 5.41) is 18.1. The highest BCUT2D eigenvalue weighted by atomic mass is 32.2. The topological polar surface area (TPSA) is 64.0 Å². The molecule has 130 valence electrons. The van der Waals surface area contributed by atoms with Gasteiger partial charge in [-0.3, -0.25) is 9.69 Å². The van der Waals surface area contributed by atoms with Crippen LogP contribution in [0.1, 0.15) is 5.56 Å². The van der Waals surface area contributed by atoms with Crippen LogP contribution in [0.25, 0.3) is 6.08 Å². The van der Waals surface area contributed by atoms with E-state index in [-0.39, 0.29) is 23.8 Å². The van der Waals surface area contributed by atoms with E-state index in [1.165, 1.54) is 11.8 Å². The predicted molar refractivity (Wildman–Crippen MR) is 101 cm³/mol. The Morgan fingerprint density at radius 2 is 1.88 bits per heavy atom. The Bertz CT molecular complexity index is 587. The monoisotopic (exact) mass is 366 g/mol. The number of thiol groups is 1. The van der Waals surface area contributed by atoms with E-state index >= 15 is 0 Å². The fourth-order valence-corrected chi connectivity index (χ4v) is 3.69. The van der Waals surface area contributed by atoms with E-state index in [0.29, 0.717) is 24.7 Å². The lowest BCUT2D eigenvalue weighted by Crippen LogP contribution is -2.43. The molecule has 0 aromatic heterocycles. The van der Waals surface area contributed by atoms with Crippen molar-refractivity contribution in [2.45, 2.75) is 4.71 Å². The first-order chi connectivity index (χ1) is 11.7. The smallest absolute Gasteiger partial charge is 0.262 e. The average molecular weight is 367 g/mol. The van der Waals surface area contributed by atoms with Crippen molar-refractivity contribution in [2.24, 2.45) is 0 Å². The van der Waals surface area contributed by atoms with Crippen LogP contribution in [0.4, 0.5) is 0 Å². The third kappa shape index (κ3) is 5.39. The van der Waals surface area contributed by atoms with Crippen LogP contribution in [0.3, 0.4) is 0 Å². The summed E-state index contributed by atoms with van der Waals surface area (Å²) in [6, 6.07) is 9.87. The molecule has 1 amide bonds. The number of hydrogen-bond acceptors (Lipinski definition) is 6. The summed E-state index contributed by atoms with van der Waals surface area (Å²) >= 11 is 5.85. The maximum atomic E-state index is 12.5. The molecule has 1 aliphatic heterocycles. The zero-order valence-corrected chi connectivity index (χ0v) is 15.0. The van der Waals surface area contributed by atoms with E-state index in [2.05, 4.69) is 12.6 Å². The second-order valence-electron chi connectivity index (χ2n) is 5.23. The van der Waals surface area contributed by atoms with Gasteiger partial charge in [-0.05, 0) is 11.6 Å². The number of aliphatic hydroxyl groups excluding tert-OH is 2. The number of rotatable bonds is 8. The molecule has 1 fully saturated rings. The minimum absolute atomic E-state index is 0.0189. The molecule has 7 heteroatoms. The SMILES string of the molecule is O=C1/C(=C\C=C\c2ccccc2)SC(S)N1CN(CCO)CCO. The Kier molecular flexibility index (Phi) is 7.87. The molecule has 24 heavy (non-hydrogen) atoms. The largest absolute Gasteiger partial charge is 0.395 e. The zero-order chi connectivity index (χ0) is 17.4. The maximum absolute atomic E-state index is 12.5. The van der Waals surface area contributed by atoms with Gasteiger partial charge in [0.2, 0.25) is 0 Å². The average Bonchev–Trinajstić information content (AvgIpc) is 2.84. The van der Waals surface area contributed by atoms with Gasteiger partial charge in [0.25, 0.3) is 5.91 Å². The van der Waals surface area contributed by atoms with Gasteiger partial charge in [0.05, 0.1) is 24.8 Å². The molecule has 1 aromatic rings. The second kappa shape index (κ2) is 9.90. The number of allylic oxidation sites excluding steroid dienone is 2. The summed E-state index contributed by atoms with van der Waals surface area (Å²) in [5.74, 6) is -0.0846. The van der Waals surface area contributed by atoms with Gasteiger partial charge in [0, 0.05) is 13.1 Å². The van der Waals surface area contributed by atoms with Crippen molar-refractivity contribution < 1.29 is 15.0 Å². The fourth-order valence-electron chi connectivity index (χ4n) is 2.28. The molecule has 1 aromatic carbocycles. The van der Waals surface area contributed by atoms with Crippen molar-refractivity contribution in [3.63, 3.8) is 0 Å². The highest BCUT2D eigenvalue weighted by Crippen LogP contribution is 2.36. The Morgan fingerprint density at radius 3 is 2.50 bits per heavy atom. The molecule has 0 aliphatic carbocycles. The first kappa shape index (κ1) is 19.1. The summed E-state index contributed by atoms with van der Waals surface area (Å²) in [7, 11) is 0. The summed E-state index contributed by atoms with van der Waals surface area (Å²) in [6.07, 6.45) is 5.60. The van der Waals surface area contributed by atoms with Crippen molar-refractivity contribution >= 4 is 36.4 Å². The maximum Gasteiger partial charge on any atom is 0.262 e. The number of amides is 1. The highest BCUT2D eigenvalue weighted by molar-refractivity contribution is 8.14. The Balaban J connectivity index is 2.00. The molecule has 2 N–H and O–H groups in total. The van der Waals surface area contributed by atoms with Crippen molar-refractivity contribution in [3.05, 3.63) is 53.0 Å². The third-order valence-corrected chi connectivity index (χ3v) is 5.12. The molecule has 0 radical (unpaired) electrons. The fraction of sp³-hybridized carbons (Fsp3) is 0.353. The number of carbonyl (C=O) groups excluding carboxylic acids is 1. The van der Waals surface area contributed by atoms with Crippen LogP contribution in [0.5, 0.6) is 0 Å². The van der Waals surface area contributed by atoms with Crippen molar-refractivity contribution in [2.75, 3.05) is 33.0 Å². The standard InChI is InChI=1S/C17H22N2O3S2/c20-11-9-18(10-12-21)13-19-16(22)15(24-17(19)23)8-4-7-14-5-2-1-3-6-14/h1-8,17,20-21,23H,9-13H2/b7-4+,15-8+. The first-order valence-electron chi connectivity index (χ1n) is 7.69. The van der Waals surface area contributed by atoms with E-state index < -0.39 is 0 Å². The molecule has 1 saturated heterocycles. The van der Waals surface area contributed by atoms with Crippen LogP contribution in [0.15, 0.2) is 47.4 Å². The molecular formula is C17H22N2O3S2. The zero-order valence-electron chi connectivity index (χ0n) is 13.3. The van der Waals surface area contributed by atoms with Gasteiger partial charge < -0.3 is 15.1 Å². The number of benzene rings is 1. The minimum Gasteiger partial charge on any atom is -0.395 e. The Labute approximate surface area is 152 Å². The lowest BCUT2D eigenvalue weighted by molar-refractivity contribution is -0.127. The van der Waals surface area contributed by atoms with Crippen LogP contribution in [-0.4, -0.2) is 63.6 Å². The minimum atomic E-state index is -0.270. The third-order valence-electron chi connectivity index (χ3n) is 3.49. The summed E-state index contributed by atoms with van der Waals surface area (Å²) in [6.45, 7) is 1.11. The van der Waals surface area contributed by atoms with Crippen molar-refractivity contribution in [3.8, 4) is 0 Å². The van der Waals surface area contributed by atoms with Gasteiger partial charge in [-0.25, -0.2) is 0 Å². The molecule has 0 bridgehead atoms. The van der Waals surface area contributed by atoms with Crippen molar-refractivity contribution in [1.29, 1.82) is 0 Å². The molecular weight excluding hydrogens is 344 g/mol. The number of thioether (sulfide) groups is 1. The number of carbonyl (C=O) groups is 1. The molecule has 1 aliphatic rings. The van der Waals surface area contributed by atoms with Gasteiger partial charge in [-0.15, -0.1) is 12.6 Å². The van der Waals surface area contributed by atoms with Gasteiger partial charge >= 0.3 is 0 Å². The molecule has 0 saturated carbocycles. The molecule has 1 unspecified atom stereocenters. The molecule has 2 rings (SSSR count). The van der Waals surface area contributed by atoms with Gasteiger partial charge in [-0.1, -0.05) is 54.2 Å². The van der Waals surface area contributed by atoms with Crippen LogP contribution in [0.2, 0.25) is 0 Å². The Morgan fingerprint density at radius 1 is 1.21 bits per heavy atom. The summed E-state index contributed by atoms with van der Waals surface area (Å²) in [5.41, 5.74) is 1.07. The predicted octanol–water partition coefficient (Wildman–Crippen LogP) is 1.62.